The standard InChI is InChI=1S/C13H20FN3/c1-3-15-11-4-5-12(14)13(10-11)17-8-6-16(2)7-9-17/h4-5,10,15H,3,6-9H2,1-2H3. The molecule has 1 heterocycles. The number of anilines is 2. The van der Waals surface area contributed by atoms with E-state index >= 15 is 0 Å². The van der Waals surface area contributed by atoms with E-state index in [1.54, 1.807) is 12.1 Å². The lowest BCUT2D eigenvalue weighted by atomic mass is 10.2. The van der Waals surface area contributed by atoms with Crippen LogP contribution in [0.25, 0.3) is 0 Å². The van der Waals surface area contributed by atoms with Crippen LogP contribution in [-0.4, -0.2) is 44.7 Å². The molecule has 0 aromatic heterocycles. The molecule has 94 valence electrons. The molecule has 2 rings (SSSR count). The first-order valence-electron chi connectivity index (χ1n) is 6.17. The fraction of sp³-hybridized carbons (Fsp3) is 0.538. The van der Waals surface area contributed by atoms with Crippen LogP contribution < -0.4 is 10.2 Å². The number of nitrogens with one attached hydrogen (secondary N) is 1. The Morgan fingerprint density at radius 2 is 1.94 bits per heavy atom. The molecule has 0 aliphatic carbocycles. The van der Waals surface area contributed by atoms with E-state index in [4.69, 9.17) is 0 Å². The van der Waals surface area contributed by atoms with E-state index in [0.29, 0.717) is 0 Å². The van der Waals surface area contributed by atoms with E-state index < -0.39 is 0 Å². The van der Waals surface area contributed by atoms with Gasteiger partial charge in [0.25, 0.3) is 0 Å². The van der Waals surface area contributed by atoms with Crippen molar-refractivity contribution in [2.45, 2.75) is 6.92 Å². The molecule has 17 heavy (non-hydrogen) atoms. The molecule has 1 fully saturated rings. The van der Waals surface area contributed by atoms with Crippen LogP contribution in [0.4, 0.5) is 15.8 Å². The number of hydrogen-bond acceptors (Lipinski definition) is 3. The van der Waals surface area contributed by atoms with Crippen molar-refractivity contribution in [3.05, 3.63) is 24.0 Å². The predicted octanol–water partition coefficient (Wildman–Crippen LogP) is 2.01. The number of benzene rings is 1. The van der Waals surface area contributed by atoms with Crippen molar-refractivity contribution in [1.29, 1.82) is 0 Å². The van der Waals surface area contributed by atoms with Crippen LogP contribution in [0.2, 0.25) is 0 Å². The van der Waals surface area contributed by atoms with E-state index in [9.17, 15) is 4.39 Å². The Kier molecular flexibility index (Phi) is 3.84. The molecule has 0 spiro atoms. The maximum Gasteiger partial charge on any atom is 0.146 e. The van der Waals surface area contributed by atoms with Gasteiger partial charge >= 0.3 is 0 Å². The first kappa shape index (κ1) is 12.2. The highest BCUT2D eigenvalue weighted by Crippen LogP contribution is 2.24. The molecule has 1 aromatic rings. The van der Waals surface area contributed by atoms with E-state index in [1.165, 1.54) is 0 Å². The van der Waals surface area contributed by atoms with E-state index in [1.807, 2.05) is 13.0 Å². The number of rotatable bonds is 3. The van der Waals surface area contributed by atoms with Gasteiger partial charge in [-0.3, -0.25) is 0 Å². The molecule has 0 saturated carbocycles. The monoisotopic (exact) mass is 237 g/mol. The van der Waals surface area contributed by atoms with E-state index in [-0.39, 0.29) is 5.82 Å². The average molecular weight is 237 g/mol. The van der Waals surface area contributed by atoms with Crippen molar-refractivity contribution in [1.82, 2.24) is 4.90 Å². The van der Waals surface area contributed by atoms with Gasteiger partial charge in [0.2, 0.25) is 0 Å². The summed E-state index contributed by atoms with van der Waals surface area (Å²) < 4.78 is 13.8. The molecule has 0 bridgehead atoms. The van der Waals surface area contributed by atoms with Gasteiger partial charge in [0.05, 0.1) is 5.69 Å². The SMILES string of the molecule is CCNc1ccc(F)c(N2CCN(C)CC2)c1. The summed E-state index contributed by atoms with van der Waals surface area (Å²) in [7, 11) is 2.10. The molecule has 3 nitrogen and oxygen atoms in total. The number of piperazine rings is 1. The highest BCUT2D eigenvalue weighted by Gasteiger charge is 2.17. The molecule has 1 aliphatic heterocycles. The smallest absolute Gasteiger partial charge is 0.146 e. The summed E-state index contributed by atoms with van der Waals surface area (Å²) in [6.07, 6.45) is 0. The highest BCUT2D eigenvalue weighted by atomic mass is 19.1. The molecule has 0 unspecified atom stereocenters. The lowest BCUT2D eigenvalue weighted by Gasteiger charge is -2.34. The minimum atomic E-state index is -0.129. The molecular weight excluding hydrogens is 217 g/mol. The number of halogens is 1. The largest absolute Gasteiger partial charge is 0.385 e. The molecule has 4 heteroatoms. The molecule has 1 aromatic carbocycles. The van der Waals surface area contributed by atoms with Crippen LogP contribution in [-0.2, 0) is 0 Å². The lowest BCUT2D eigenvalue weighted by Crippen LogP contribution is -2.44. The zero-order valence-corrected chi connectivity index (χ0v) is 10.5. The molecule has 0 radical (unpaired) electrons. The second-order valence-electron chi connectivity index (χ2n) is 4.49. The lowest BCUT2D eigenvalue weighted by molar-refractivity contribution is 0.311. The molecule has 0 atom stereocenters. The van der Waals surface area contributed by atoms with Gasteiger partial charge in [-0.1, -0.05) is 0 Å². The van der Waals surface area contributed by atoms with Crippen LogP contribution in [0.3, 0.4) is 0 Å². The van der Waals surface area contributed by atoms with Crippen molar-refractivity contribution >= 4 is 11.4 Å². The van der Waals surface area contributed by atoms with Gasteiger partial charge in [-0.05, 0) is 32.2 Å². The van der Waals surface area contributed by atoms with Crippen molar-refractivity contribution in [3.8, 4) is 0 Å². The summed E-state index contributed by atoms with van der Waals surface area (Å²) >= 11 is 0. The summed E-state index contributed by atoms with van der Waals surface area (Å²) in [5.41, 5.74) is 1.71. The van der Waals surface area contributed by atoms with Crippen molar-refractivity contribution in [3.63, 3.8) is 0 Å². The summed E-state index contributed by atoms with van der Waals surface area (Å²) in [5, 5.41) is 3.22. The van der Waals surface area contributed by atoms with Crippen LogP contribution in [0.1, 0.15) is 6.92 Å². The minimum absolute atomic E-state index is 0.129. The number of hydrogen-bond donors (Lipinski definition) is 1. The Morgan fingerprint density at radius 1 is 1.24 bits per heavy atom. The van der Waals surface area contributed by atoms with Gasteiger partial charge in [0, 0.05) is 38.4 Å². The van der Waals surface area contributed by atoms with Gasteiger partial charge in [-0.25, -0.2) is 4.39 Å². The Bertz CT molecular complexity index is 373. The third-order valence-corrected chi connectivity index (χ3v) is 3.17. The molecule has 1 aliphatic rings. The third-order valence-electron chi connectivity index (χ3n) is 3.17. The Balaban J connectivity index is 2.15. The third kappa shape index (κ3) is 2.88. The van der Waals surface area contributed by atoms with Crippen molar-refractivity contribution in [2.24, 2.45) is 0 Å². The maximum atomic E-state index is 13.8. The zero-order chi connectivity index (χ0) is 12.3. The first-order valence-corrected chi connectivity index (χ1v) is 6.17. The van der Waals surface area contributed by atoms with Crippen LogP contribution in [0, 0.1) is 5.82 Å². The fourth-order valence-electron chi connectivity index (χ4n) is 2.12. The second-order valence-corrected chi connectivity index (χ2v) is 4.49. The molecule has 1 N–H and O–H groups in total. The predicted molar refractivity (Wildman–Crippen MR) is 70.3 cm³/mol. The van der Waals surface area contributed by atoms with Crippen LogP contribution in [0.15, 0.2) is 18.2 Å². The van der Waals surface area contributed by atoms with Gasteiger partial charge in [0.15, 0.2) is 0 Å². The van der Waals surface area contributed by atoms with E-state index in [2.05, 4.69) is 22.2 Å². The normalized spacial score (nSPS) is 17.2. The molecule has 1 saturated heterocycles. The van der Waals surface area contributed by atoms with Gasteiger partial charge in [-0.15, -0.1) is 0 Å². The average Bonchev–Trinajstić information content (AvgIpc) is 2.33. The Labute approximate surface area is 102 Å². The number of likely N-dealkylation sites (N-methyl/N-ethyl adjacent to an activating group) is 1. The van der Waals surface area contributed by atoms with Gasteiger partial charge < -0.3 is 15.1 Å². The highest BCUT2D eigenvalue weighted by molar-refractivity contribution is 5.59. The summed E-state index contributed by atoms with van der Waals surface area (Å²) in [6.45, 7) is 6.66. The Morgan fingerprint density at radius 3 is 2.59 bits per heavy atom. The fourth-order valence-corrected chi connectivity index (χ4v) is 2.12. The van der Waals surface area contributed by atoms with Gasteiger partial charge in [-0.2, -0.15) is 0 Å². The quantitative estimate of drug-likeness (QED) is 0.867. The Hall–Kier alpha value is -1.29. The first-order chi connectivity index (χ1) is 8.20. The van der Waals surface area contributed by atoms with Gasteiger partial charge in [0.1, 0.15) is 5.82 Å². The summed E-state index contributed by atoms with van der Waals surface area (Å²) in [6, 6.07) is 5.24. The topological polar surface area (TPSA) is 18.5 Å². The molecular formula is C13H20FN3. The molecule has 0 amide bonds. The number of nitrogens with zero attached hydrogens (tertiary/aromatic N) is 2. The summed E-state index contributed by atoms with van der Waals surface area (Å²) in [5.74, 6) is -0.129. The van der Waals surface area contributed by atoms with Crippen molar-refractivity contribution < 1.29 is 4.39 Å². The van der Waals surface area contributed by atoms with Crippen molar-refractivity contribution in [2.75, 3.05) is 50.0 Å². The minimum Gasteiger partial charge on any atom is -0.385 e. The van der Waals surface area contributed by atoms with Crippen LogP contribution in [0.5, 0.6) is 0 Å². The maximum absolute atomic E-state index is 13.8. The van der Waals surface area contributed by atoms with Crippen LogP contribution >= 0.6 is 0 Å². The summed E-state index contributed by atoms with van der Waals surface area (Å²) in [4.78, 5) is 4.39. The zero-order valence-electron chi connectivity index (χ0n) is 10.5. The second kappa shape index (κ2) is 5.36. The van der Waals surface area contributed by atoms with E-state index in [0.717, 1.165) is 44.1 Å².